The lowest BCUT2D eigenvalue weighted by Crippen LogP contribution is -1.96. The lowest BCUT2D eigenvalue weighted by Gasteiger charge is -1.97. The van der Waals surface area contributed by atoms with E-state index in [4.69, 9.17) is 9.66 Å². The van der Waals surface area contributed by atoms with Gasteiger partial charge in [-0.2, -0.15) is 18.6 Å². The first-order valence-corrected chi connectivity index (χ1v) is 6.67. The summed E-state index contributed by atoms with van der Waals surface area (Å²) in [5, 5.41) is 16.8. The predicted molar refractivity (Wildman–Crippen MR) is 68.5 cm³/mol. The van der Waals surface area contributed by atoms with Crippen molar-refractivity contribution in [2.75, 3.05) is 0 Å². The second-order valence-electron chi connectivity index (χ2n) is 3.69. The van der Waals surface area contributed by atoms with Crippen LogP contribution in [0.2, 0.25) is 0 Å². The van der Waals surface area contributed by atoms with Crippen molar-refractivity contribution >= 4 is 21.5 Å². The molecule has 0 heterocycles. The van der Waals surface area contributed by atoms with E-state index in [1.165, 1.54) is 30.3 Å². The maximum absolute atomic E-state index is 11.0. The van der Waals surface area contributed by atoms with E-state index in [0.29, 0.717) is 11.4 Å². The Morgan fingerprint density at radius 1 is 0.895 bits per heavy atom. The quantitative estimate of drug-likeness (QED) is 0.665. The number of rotatable bonds is 3. The van der Waals surface area contributed by atoms with Crippen LogP contribution in [-0.4, -0.2) is 18.1 Å². The fourth-order valence-corrected chi connectivity index (χ4v) is 1.86. The van der Waals surface area contributed by atoms with E-state index in [9.17, 15) is 8.42 Å². The van der Waals surface area contributed by atoms with Crippen molar-refractivity contribution in [3.63, 3.8) is 0 Å². The molecule has 2 rings (SSSR count). The molecule has 19 heavy (non-hydrogen) atoms. The van der Waals surface area contributed by atoms with Crippen molar-refractivity contribution in [3.05, 3.63) is 48.5 Å². The highest BCUT2D eigenvalue weighted by Crippen LogP contribution is 2.22. The number of phenols is 1. The molecule has 0 amide bonds. The summed E-state index contributed by atoms with van der Waals surface area (Å²) in [4.78, 5) is -0.241. The van der Waals surface area contributed by atoms with Gasteiger partial charge < -0.3 is 5.11 Å². The fraction of sp³-hybridized carbons (Fsp3) is 0. The first-order chi connectivity index (χ1) is 8.95. The van der Waals surface area contributed by atoms with Crippen LogP contribution in [0, 0.1) is 0 Å². The zero-order valence-corrected chi connectivity index (χ0v) is 10.4. The normalized spacial score (nSPS) is 11.8. The summed E-state index contributed by atoms with van der Waals surface area (Å²) in [5.74, 6) is 0.118. The molecule has 7 heteroatoms. The van der Waals surface area contributed by atoms with Gasteiger partial charge in [0.25, 0.3) is 10.1 Å². The van der Waals surface area contributed by atoms with Crippen LogP contribution in [0.15, 0.2) is 63.7 Å². The van der Waals surface area contributed by atoms with Gasteiger partial charge in [-0.3, -0.25) is 4.55 Å². The number of azo groups is 1. The molecule has 0 unspecified atom stereocenters. The zero-order chi connectivity index (χ0) is 13.9. The van der Waals surface area contributed by atoms with Gasteiger partial charge in [-0.25, -0.2) is 0 Å². The molecule has 0 fully saturated rings. The summed E-state index contributed by atoms with van der Waals surface area (Å²) >= 11 is 0. The van der Waals surface area contributed by atoms with Crippen molar-refractivity contribution in [2.45, 2.75) is 4.90 Å². The first-order valence-electron chi connectivity index (χ1n) is 5.23. The van der Waals surface area contributed by atoms with E-state index in [0.717, 1.165) is 0 Å². The maximum Gasteiger partial charge on any atom is 0.294 e. The standard InChI is InChI=1S/C12H10N2O4S/c15-11-6-4-9(5-7-11)13-14-10-2-1-3-12(8-10)19(16,17)18/h1-8,15H,(H,16,17,18). The van der Waals surface area contributed by atoms with Crippen molar-refractivity contribution in [1.29, 1.82) is 0 Å². The minimum absolute atomic E-state index is 0.118. The van der Waals surface area contributed by atoms with Crippen molar-refractivity contribution in [3.8, 4) is 5.75 Å². The van der Waals surface area contributed by atoms with Gasteiger partial charge >= 0.3 is 0 Å². The first kappa shape index (κ1) is 13.2. The van der Waals surface area contributed by atoms with Crippen LogP contribution in [0.4, 0.5) is 11.4 Å². The van der Waals surface area contributed by atoms with Crippen LogP contribution >= 0.6 is 0 Å². The highest BCUT2D eigenvalue weighted by molar-refractivity contribution is 7.85. The molecule has 98 valence electrons. The number of benzene rings is 2. The van der Waals surface area contributed by atoms with Crippen LogP contribution in [0.1, 0.15) is 0 Å². The molecule has 0 aliphatic heterocycles. The molecule has 0 aliphatic carbocycles. The molecule has 0 radical (unpaired) electrons. The maximum atomic E-state index is 11.0. The smallest absolute Gasteiger partial charge is 0.294 e. The third kappa shape index (κ3) is 3.60. The highest BCUT2D eigenvalue weighted by atomic mass is 32.2. The van der Waals surface area contributed by atoms with Crippen molar-refractivity contribution < 1.29 is 18.1 Å². The largest absolute Gasteiger partial charge is 0.508 e. The number of hydrogen-bond acceptors (Lipinski definition) is 5. The van der Waals surface area contributed by atoms with E-state index in [1.54, 1.807) is 18.2 Å². The number of hydrogen-bond donors (Lipinski definition) is 2. The molecule has 0 saturated heterocycles. The average molecular weight is 278 g/mol. The van der Waals surface area contributed by atoms with Crippen LogP contribution in [0.25, 0.3) is 0 Å². The summed E-state index contributed by atoms with van der Waals surface area (Å²) in [6.45, 7) is 0. The van der Waals surface area contributed by atoms with Crippen molar-refractivity contribution in [1.82, 2.24) is 0 Å². The summed E-state index contributed by atoms with van der Waals surface area (Å²) in [5.41, 5.74) is 0.804. The van der Waals surface area contributed by atoms with Gasteiger partial charge in [0.2, 0.25) is 0 Å². The van der Waals surface area contributed by atoms with Gasteiger partial charge in [0.1, 0.15) is 5.75 Å². The monoisotopic (exact) mass is 278 g/mol. The molecule has 2 aromatic rings. The van der Waals surface area contributed by atoms with Gasteiger partial charge in [0.05, 0.1) is 16.3 Å². The Hall–Kier alpha value is -2.25. The molecule has 0 spiro atoms. The molecule has 0 aromatic heterocycles. The Labute approximate surface area is 109 Å². The third-order valence-corrected chi connectivity index (χ3v) is 3.10. The SMILES string of the molecule is O=S(=O)(O)c1cccc(N=Nc2ccc(O)cc2)c1. The second-order valence-corrected chi connectivity index (χ2v) is 5.11. The van der Waals surface area contributed by atoms with Gasteiger partial charge in [-0.05, 0) is 42.5 Å². The summed E-state index contributed by atoms with van der Waals surface area (Å²) in [6, 6.07) is 11.5. The topological polar surface area (TPSA) is 99.3 Å². The van der Waals surface area contributed by atoms with Crippen molar-refractivity contribution in [2.24, 2.45) is 10.2 Å². The lowest BCUT2D eigenvalue weighted by atomic mass is 10.3. The third-order valence-electron chi connectivity index (χ3n) is 2.25. The number of phenolic OH excluding ortho intramolecular Hbond substituents is 1. The lowest BCUT2D eigenvalue weighted by molar-refractivity contribution is 0.475. The van der Waals surface area contributed by atoms with E-state index in [2.05, 4.69) is 10.2 Å². The minimum atomic E-state index is -4.25. The predicted octanol–water partition coefficient (Wildman–Crippen LogP) is 3.05. The number of aromatic hydroxyl groups is 1. The fourth-order valence-electron chi connectivity index (χ4n) is 1.34. The molecule has 0 atom stereocenters. The summed E-state index contributed by atoms with van der Waals surface area (Å²) in [6.07, 6.45) is 0. The Morgan fingerprint density at radius 3 is 2.16 bits per heavy atom. The molecule has 0 aliphatic rings. The summed E-state index contributed by atoms with van der Waals surface area (Å²) in [7, 11) is -4.25. The molecular formula is C12H10N2O4S. The highest BCUT2D eigenvalue weighted by Gasteiger charge is 2.09. The average Bonchev–Trinajstić information content (AvgIpc) is 2.37. The Morgan fingerprint density at radius 2 is 1.53 bits per heavy atom. The van der Waals surface area contributed by atoms with Crippen LogP contribution in [-0.2, 0) is 10.1 Å². The summed E-state index contributed by atoms with van der Waals surface area (Å²) < 4.78 is 30.8. The molecule has 6 nitrogen and oxygen atoms in total. The Balaban J connectivity index is 2.26. The van der Waals surface area contributed by atoms with Gasteiger partial charge in [-0.1, -0.05) is 6.07 Å². The molecule has 0 bridgehead atoms. The molecular weight excluding hydrogens is 268 g/mol. The van der Waals surface area contributed by atoms with Crippen LogP contribution in [0.3, 0.4) is 0 Å². The van der Waals surface area contributed by atoms with E-state index < -0.39 is 10.1 Å². The van der Waals surface area contributed by atoms with Gasteiger partial charge in [0.15, 0.2) is 0 Å². The second kappa shape index (κ2) is 5.17. The Kier molecular flexibility index (Phi) is 3.59. The van der Waals surface area contributed by atoms with E-state index in [1.807, 2.05) is 0 Å². The number of nitrogens with zero attached hydrogens (tertiary/aromatic N) is 2. The zero-order valence-electron chi connectivity index (χ0n) is 9.63. The molecule has 0 saturated carbocycles. The Bertz CT molecular complexity index is 709. The molecule has 2 aromatic carbocycles. The van der Waals surface area contributed by atoms with E-state index >= 15 is 0 Å². The van der Waals surface area contributed by atoms with Gasteiger partial charge in [-0.15, -0.1) is 0 Å². The molecule has 2 N–H and O–H groups in total. The van der Waals surface area contributed by atoms with Gasteiger partial charge in [0, 0.05) is 0 Å². The van der Waals surface area contributed by atoms with E-state index in [-0.39, 0.29) is 10.6 Å². The van der Waals surface area contributed by atoms with Crippen LogP contribution < -0.4 is 0 Å². The van der Waals surface area contributed by atoms with Crippen LogP contribution in [0.5, 0.6) is 5.75 Å². The minimum Gasteiger partial charge on any atom is -0.508 e.